The minimum absolute atomic E-state index is 0.251. The fraction of sp³-hybridized carbons (Fsp3) is 0.560. The van der Waals surface area contributed by atoms with E-state index < -0.39 is 12.0 Å². The number of esters is 1. The van der Waals surface area contributed by atoms with Gasteiger partial charge in [-0.3, -0.25) is 9.59 Å². The van der Waals surface area contributed by atoms with Crippen LogP contribution in [0.2, 0.25) is 0 Å². The first-order chi connectivity index (χ1) is 14.9. The molecule has 0 heterocycles. The van der Waals surface area contributed by atoms with Crippen molar-refractivity contribution >= 4 is 23.9 Å². The molecule has 0 saturated heterocycles. The summed E-state index contributed by atoms with van der Waals surface area (Å²) in [6, 6.07) is 8.59. The molecule has 1 aromatic carbocycles. The third-order valence-electron chi connectivity index (χ3n) is 7.11. The molecule has 6 nitrogen and oxygen atoms in total. The molecule has 2 amide bonds. The summed E-state index contributed by atoms with van der Waals surface area (Å²) < 4.78 is 5.11. The fourth-order valence-corrected chi connectivity index (χ4v) is 6.16. The highest BCUT2D eigenvalue weighted by Gasteiger charge is 2.50. The lowest BCUT2D eigenvalue weighted by atomic mass is 9.49. The molecule has 0 aliphatic heterocycles. The summed E-state index contributed by atoms with van der Waals surface area (Å²) in [7, 11) is 0. The molecular formula is C25H32N2O4. The Morgan fingerprint density at radius 1 is 1.06 bits per heavy atom. The highest BCUT2D eigenvalue weighted by Crippen LogP contribution is 2.59. The number of carbonyl (C=O) groups excluding carboxylic acids is 3. The molecule has 4 aliphatic carbocycles. The zero-order chi connectivity index (χ0) is 21.8. The Balaban J connectivity index is 1.16. The van der Waals surface area contributed by atoms with Crippen molar-refractivity contribution < 1.29 is 19.1 Å². The Bertz CT molecular complexity index is 813. The van der Waals surface area contributed by atoms with Crippen molar-refractivity contribution in [1.29, 1.82) is 0 Å². The first kappa shape index (κ1) is 21.6. The van der Waals surface area contributed by atoms with E-state index in [1.54, 1.807) is 13.0 Å². The van der Waals surface area contributed by atoms with Crippen molar-refractivity contribution in [2.75, 3.05) is 13.2 Å². The topological polar surface area (TPSA) is 84.5 Å². The minimum atomic E-state index is -0.830. The van der Waals surface area contributed by atoms with Crippen molar-refractivity contribution in [3.8, 4) is 0 Å². The van der Waals surface area contributed by atoms with Gasteiger partial charge in [-0.25, -0.2) is 4.79 Å². The van der Waals surface area contributed by atoms with E-state index in [0.29, 0.717) is 6.54 Å². The smallest absolute Gasteiger partial charge is 0.328 e. The van der Waals surface area contributed by atoms with E-state index in [1.165, 1.54) is 44.6 Å². The average molecular weight is 425 g/mol. The van der Waals surface area contributed by atoms with Crippen LogP contribution in [-0.4, -0.2) is 37.0 Å². The van der Waals surface area contributed by atoms with Crippen LogP contribution in [0.1, 0.15) is 51.0 Å². The van der Waals surface area contributed by atoms with Gasteiger partial charge in [0.2, 0.25) is 5.91 Å². The van der Waals surface area contributed by atoms with Gasteiger partial charge in [0.1, 0.15) is 6.04 Å². The summed E-state index contributed by atoms with van der Waals surface area (Å²) >= 11 is 0. The third-order valence-corrected chi connectivity index (χ3v) is 7.11. The molecule has 4 aliphatic rings. The minimum Gasteiger partial charge on any atom is -0.454 e. The van der Waals surface area contributed by atoms with Crippen molar-refractivity contribution in [2.24, 2.45) is 23.2 Å². The van der Waals surface area contributed by atoms with E-state index >= 15 is 0 Å². The van der Waals surface area contributed by atoms with Crippen LogP contribution in [0.3, 0.4) is 0 Å². The van der Waals surface area contributed by atoms with Gasteiger partial charge in [-0.05, 0) is 80.3 Å². The number of amides is 2. The Hall–Kier alpha value is -2.63. The Labute approximate surface area is 183 Å². The van der Waals surface area contributed by atoms with E-state index in [0.717, 1.165) is 23.3 Å². The van der Waals surface area contributed by atoms with Crippen LogP contribution in [0.4, 0.5) is 0 Å². The Kier molecular flexibility index (Phi) is 6.44. The van der Waals surface area contributed by atoms with Crippen LogP contribution in [0.25, 0.3) is 6.08 Å². The first-order valence-corrected chi connectivity index (χ1v) is 11.4. The molecule has 0 aromatic heterocycles. The van der Waals surface area contributed by atoms with Gasteiger partial charge in [0.05, 0.1) is 0 Å². The highest BCUT2D eigenvalue weighted by atomic mass is 16.5. The van der Waals surface area contributed by atoms with Crippen molar-refractivity contribution in [3.63, 3.8) is 0 Å². The molecule has 0 radical (unpaired) electrons. The second-order valence-electron chi connectivity index (χ2n) is 9.78. The number of ether oxygens (including phenoxy) is 1. The van der Waals surface area contributed by atoms with Gasteiger partial charge < -0.3 is 15.4 Å². The van der Waals surface area contributed by atoms with Gasteiger partial charge in [0, 0.05) is 12.6 Å². The molecule has 5 rings (SSSR count). The normalized spacial score (nSPS) is 29.5. The lowest BCUT2D eigenvalue weighted by Gasteiger charge is -2.56. The molecular weight excluding hydrogens is 392 g/mol. The quantitative estimate of drug-likeness (QED) is 0.496. The van der Waals surface area contributed by atoms with Gasteiger partial charge in [-0.1, -0.05) is 30.3 Å². The molecule has 1 aromatic rings. The second kappa shape index (κ2) is 9.25. The summed E-state index contributed by atoms with van der Waals surface area (Å²) in [5, 5.41) is 5.56. The molecule has 4 fully saturated rings. The Morgan fingerprint density at radius 3 is 2.29 bits per heavy atom. The molecule has 1 atom stereocenters. The molecule has 2 N–H and O–H groups in total. The number of rotatable bonds is 8. The second-order valence-corrected chi connectivity index (χ2v) is 9.78. The van der Waals surface area contributed by atoms with E-state index in [2.05, 4.69) is 10.6 Å². The predicted molar refractivity (Wildman–Crippen MR) is 118 cm³/mol. The van der Waals surface area contributed by atoms with Crippen molar-refractivity contribution in [2.45, 2.75) is 51.5 Å². The van der Waals surface area contributed by atoms with Crippen LogP contribution in [0, 0.1) is 23.2 Å². The van der Waals surface area contributed by atoms with Gasteiger partial charge >= 0.3 is 5.97 Å². The van der Waals surface area contributed by atoms with Crippen molar-refractivity contribution in [3.05, 3.63) is 42.0 Å². The summed E-state index contributed by atoms with van der Waals surface area (Å²) in [5.74, 6) is 1.22. The monoisotopic (exact) mass is 424 g/mol. The van der Waals surface area contributed by atoms with Crippen LogP contribution >= 0.6 is 0 Å². The van der Waals surface area contributed by atoms with Gasteiger partial charge in [-0.2, -0.15) is 0 Å². The molecule has 31 heavy (non-hydrogen) atoms. The maximum absolute atomic E-state index is 12.3. The van der Waals surface area contributed by atoms with Crippen molar-refractivity contribution in [1.82, 2.24) is 10.6 Å². The predicted octanol–water partition coefficient (Wildman–Crippen LogP) is 3.08. The number of hydrogen-bond donors (Lipinski definition) is 2. The standard InChI is InChI=1S/C25H32N2O4/c1-17(27-22(28)8-7-18-5-3-2-4-6-18)24(30)31-15-23(29)26-16-25-12-19-9-20(13-25)11-21(10-19)14-25/h2-8,17,19-21H,9-16H2,1H3,(H,26,29)(H,27,28)/b8-7+/t17-,19?,20?,21?,25?/m0/s1. The highest BCUT2D eigenvalue weighted by molar-refractivity contribution is 5.94. The summed E-state index contributed by atoms with van der Waals surface area (Å²) in [6.07, 6.45) is 10.8. The maximum atomic E-state index is 12.3. The van der Waals surface area contributed by atoms with Crippen LogP contribution in [0.5, 0.6) is 0 Å². The number of carbonyl (C=O) groups is 3. The number of benzene rings is 1. The molecule has 166 valence electrons. The average Bonchev–Trinajstić information content (AvgIpc) is 2.74. The van der Waals surface area contributed by atoms with Gasteiger partial charge in [0.15, 0.2) is 6.61 Å². The molecule has 4 saturated carbocycles. The van der Waals surface area contributed by atoms with Crippen LogP contribution in [0.15, 0.2) is 36.4 Å². The largest absolute Gasteiger partial charge is 0.454 e. The summed E-state index contributed by atoms with van der Waals surface area (Å²) in [5.41, 5.74) is 1.14. The lowest BCUT2D eigenvalue weighted by molar-refractivity contribution is -0.151. The Morgan fingerprint density at radius 2 is 1.68 bits per heavy atom. The van der Waals surface area contributed by atoms with E-state index in [1.807, 2.05) is 30.3 Å². The van der Waals surface area contributed by atoms with Gasteiger partial charge in [-0.15, -0.1) is 0 Å². The van der Waals surface area contributed by atoms with E-state index in [4.69, 9.17) is 4.74 Å². The zero-order valence-corrected chi connectivity index (χ0v) is 18.1. The molecule has 4 bridgehead atoms. The lowest BCUT2D eigenvalue weighted by Crippen LogP contribution is -2.51. The van der Waals surface area contributed by atoms with E-state index in [-0.39, 0.29) is 23.8 Å². The summed E-state index contributed by atoms with van der Waals surface area (Å²) in [6.45, 7) is 1.92. The van der Waals surface area contributed by atoms with Gasteiger partial charge in [0.25, 0.3) is 5.91 Å². The van der Waals surface area contributed by atoms with Crippen LogP contribution < -0.4 is 10.6 Å². The maximum Gasteiger partial charge on any atom is 0.328 e. The number of hydrogen-bond acceptors (Lipinski definition) is 4. The zero-order valence-electron chi connectivity index (χ0n) is 18.1. The summed E-state index contributed by atoms with van der Waals surface area (Å²) in [4.78, 5) is 36.4. The SMILES string of the molecule is C[C@H](NC(=O)/C=C/c1ccccc1)C(=O)OCC(=O)NCC12CC3CC(CC(C3)C1)C2. The molecule has 0 unspecified atom stereocenters. The fourth-order valence-electron chi connectivity index (χ4n) is 6.16. The third kappa shape index (κ3) is 5.54. The van der Waals surface area contributed by atoms with Crippen LogP contribution in [-0.2, 0) is 19.1 Å². The van der Waals surface area contributed by atoms with E-state index in [9.17, 15) is 14.4 Å². The molecule has 6 heteroatoms. The molecule has 0 spiro atoms. The number of nitrogens with one attached hydrogen (secondary N) is 2. The first-order valence-electron chi connectivity index (χ1n) is 11.4.